The average Bonchev–Trinajstić information content (AvgIpc) is 2.12. The van der Waals surface area contributed by atoms with Gasteiger partial charge in [0.15, 0.2) is 0 Å². The molecule has 0 spiro atoms. The van der Waals surface area contributed by atoms with Crippen LogP contribution in [0.5, 0.6) is 0 Å². The zero-order chi connectivity index (χ0) is 10.3. The van der Waals surface area contributed by atoms with Crippen LogP contribution in [-0.4, -0.2) is 36.0 Å². The molecular weight excluding hydrogens is 184 g/mol. The van der Waals surface area contributed by atoms with Crippen LogP contribution >= 0.6 is 0 Å². The zero-order valence-corrected chi connectivity index (χ0v) is 10.1. The fourth-order valence-electron chi connectivity index (χ4n) is 0.791. The molecule has 0 saturated carbocycles. The Morgan fingerprint density at radius 3 is 2.23 bits per heavy atom. The third kappa shape index (κ3) is 5.98. The second-order valence-electron chi connectivity index (χ2n) is 3.30. The summed E-state index contributed by atoms with van der Waals surface area (Å²) in [7, 11) is 1.45. The predicted octanol–water partition coefficient (Wildman–Crippen LogP) is 1.94. The highest BCUT2D eigenvalue weighted by atomic mass is 28.4. The van der Waals surface area contributed by atoms with Gasteiger partial charge in [0.2, 0.25) is 0 Å². The normalized spacial score (nSPS) is 11.7. The third-order valence-electron chi connectivity index (χ3n) is 1.91. The van der Waals surface area contributed by atoms with Crippen LogP contribution in [0.15, 0.2) is 12.2 Å². The van der Waals surface area contributed by atoms with Gasteiger partial charge in [-0.3, -0.25) is 0 Å². The minimum atomic E-state index is -1.92. The second-order valence-corrected chi connectivity index (χ2v) is 6.89. The van der Waals surface area contributed by atoms with E-state index in [4.69, 9.17) is 13.6 Å². The maximum absolute atomic E-state index is 5.37. The highest BCUT2D eigenvalue weighted by molar-refractivity contribution is 6.65. The van der Waals surface area contributed by atoms with E-state index in [-0.39, 0.29) is 0 Å². The van der Waals surface area contributed by atoms with E-state index in [9.17, 15) is 0 Å². The Bertz CT molecular complexity index is 155. The second kappa shape index (κ2) is 6.31. The summed E-state index contributed by atoms with van der Waals surface area (Å²) in [6.07, 6.45) is 0. The molecule has 0 N–H and O–H groups in total. The molecule has 0 atom stereocenters. The van der Waals surface area contributed by atoms with Gasteiger partial charge in [-0.05, 0) is 13.5 Å². The van der Waals surface area contributed by atoms with Gasteiger partial charge in [0.1, 0.15) is 0 Å². The van der Waals surface area contributed by atoms with E-state index in [1.165, 1.54) is 0 Å². The number of hydrogen-bond acceptors (Lipinski definition) is 3. The quantitative estimate of drug-likeness (QED) is 0.360. The Balaban J connectivity index is 3.55. The first kappa shape index (κ1) is 12.8. The van der Waals surface area contributed by atoms with Crippen molar-refractivity contribution in [3.63, 3.8) is 0 Å². The molecule has 0 bridgehead atoms. The van der Waals surface area contributed by atoms with E-state index in [1.807, 2.05) is 13.5 Å². The van der Waals surface area contributed by atoms with Gasteiger partial charge < -0.3 is 13.6 Å². The number of hydrogen-bond donors (Lipinski definition) is 0. The Hall–Kier alpha value is -0.163. The fraction of sp³-hybridized carbons (Fsp3) is 0.778. The van der Waals surface area contributed by atoms with Gasteiger partial charge in [-0.2, -0.15) is 0 Å². The standard InChI is InChI=1S/C9H20O3Si/c1-9(2)8-12-6-7-13(5,10-3)11-4/h1,6-8H2,2-5H3. The molecule has 13 heavy (non-hydrogen) atoms. The van der Waals surface area contributed by atoms with Crippen molar-refractivity contribution in [2.75, 3.05) is 27.4 Å². The molecule has 0 rings (SSSR count). The van der Waals surface area contributed by atoms with Crippen molar-refractivity contribution in [1.82, 2.24) is 0 Å². The van der Waals surface area contributed by atoms with Crippen LogP contribution in [0.1, 0.15) is 6.92 Å². The van der Waals surface area contributed by atoms with Gasteiger partial charge in [-0.1, -0.05) is 12.2 Å². The van der Waals surface area contributed by atoms with Gasteiger partial charge in [0.25, 0.3) is 0 Å². The summed E-state index contributed by atoms with van der Waals surface area (Å²) >= 11 is 0. The first-order chi connectivity index (χ1) is 6.04. The van der Waals surface area contributed by atoms with Gasteiger partial charge in [-0.15, -0.1) is 0 Å². The average molecular weight is 204 g/mol. The molecule has 0 fully saturated rings. The lowest BCUT2D eigenvalue weighted by atomic mass is 10.4. The molecule has 0 unspecified atom stereocenters. The Morgan fingerprint density at radius 2 is 1.85 bits per heavy atom. The third-order valence-corrected chi connectivity index (χ3v) is 4.75. The fourth-order valence-corrected chi connectivity index (χ4v) is 1.88. The highest BCUT2D eigenvalue weighted by Crippen LogP contribution is 2.10. The molecule has 78 valence electrons. The molecule has 0 aromatic carbocycles. The van der Waals surface area contributed by atoms with Crippen molar-refractivity contribution in [3.05, 3.63) is 12.2 Å². The smallest absolute Gasteiger partial charge is 0.336 e. The lowest BCUT2D eigenvalue weighted by Crippen LogP contribution is -2.37. The van der Waals surface area contributed by atoms with Gasteiger partial charge >= 0.3 is 8.56 Å². The molecule has 0 aromatic heterocycles. The Morgan fingerprint density at radius 1 is 1.31 bits per heavy atom. The van der Waals surface area contributed by atoms with Crippen LogP contribution in [0.3, 0.4) is 0 Å². The molecule has 3 nitrogen and oxygen atoms in total. The summed E-state index contributed by atoms with van der Waals surface area (Å²) in [5.41, 5.74) is 1.04. The molecule has 0 heterocycles. The number of rotatable bonds is 7. The maximum atomic E-state index is 5.37. The van der Waals surface area contributed by atoms with E-state index >= 15 is 0 Å². The molecule has 0 aliphatic heterocycles. The van der Waals surface area contributed by atoms with Crippen LogP contribution in [0, 0.1) is 0 Å². The Kier molecular flexibility index (Phi) is 6.24. The Labute approximate surface area is 81.9 Å². The summed E-state index contributed by atoms with van der Waals surface area (Å²) < 4.78 is 16.0. The first-order valence-corrected chi connectivity index (χ1v) is 6.89. The molecule has 0 amide bonds. The molecule has 0 aliphatic carbocycles. The summed E-state index contributed by atoms with van der Waals surface area (Å²) in [6.45, 7) is 9.03. The highest BCUT2D eigenvalue weighted by Gasteiger charge is 2.27. The molecule has 0 radical (unpaired) electrons. The minimum Gasteiger partial charge on any atom is -0.398 e. The van der Waals surface area contributed by atoms with Crippen LogP contribution in [0.2, 0.25) is 12.6 Å². The van der Waals surface area contributed by atoms with Crippen LogP contribution in [0.4, 0.5) is 0 Å². The van der Waals surface area contributed by atoms with E-state index in [0.29, 0.717) is 13.2 Å². The lowest BCUT2D eigenvalue weighted by molar-refractivity contribution is 0.156. The summed E-state index contributed by atoms with van der Waals surface area (Å²) in [5, 5.41) is 0. The molecule has 0 aliphatic rings. The van der Waals surface area contributed by atoms with Crippen molar-refractivity contribution < 1.29 is 13.6 Å². The molecule has 4 heteroatoms. The largest absolute Gasteiger partial charge is 0.398 e. The number of ether oxygens (including phenoxy) is 1. The van der Waals surface area contributed by atoms with Gasteiger partial charge in [0, 0.05) is 26.9 Å². The van der Waals surface area contributed by atoms with Crippen molar-refractivity contribution in [3.8, 4) is 0 Å². The van der Waals surface area contributed by atoms with Crippen molar-refractivity contribution in [1.29, 1.82) is 0 Å². The minimum absolute atomic E-state index is 0.623. The predicted molar refractivity (Wildman–Crippen MR) is 56.1 cm³/mol. The van der Waals surface area contributed by atoms with Crippen LogP contribution < -0.4 is 0 Å². The van der Waals surface area contributed by atoms with Crippen molar-refractivity contribution in [2.45, 2.75) is 19.5 Å². The molecule has 0 aromatic rings. The lowest BCUT2D eigenvalue weighted by Gasteiger charge is -2.22. The van der Waals surface area contributed by atoms with E-state index in [1.54, 1.807) is 14.2 Å². The summed E-state index contributed by atoms with van der Waals surface area (Å²) in [6, 6.07) is 0.854. The van der Waals surface area contributed by atoms with E-state index in [2.05, 4.69) is 6.58 Å². The summed E-state index contributed by atoms with van der Waals surface area (Å²) in [4.78, 5) is 0. The van der Waals surface area contributed by atoms with Crippen molar-refractivity contribution in [2.24, 2.45) is 0 Å². The zero-order valence-electron chi connectivity index (χ0n) is 9.05. The SMILES string of the molecule is C=C(C)COCC[Si](C)(OC)OC. The summed E-state index contributed by atoms with van der Waals surface area (Å²) in [5.74, 6) is 0. The van der Waals surface area contributed by atoms with E-state index < -0.39 is 8.56 Å². The maximum Gasteiger partial charge on any atom is 0.336 e. The topological polar surface area (TPSA) is 27.7 Å². The monoisotopic (exact) mass is 204 g/mol. The van der Waals surface area contributed by atoms with Crippen LogP contribution in [0.25, 0.3) is 0 Å². The van der Waals surface area contributed by atoms with Gasteiger partial charge in [0.05, 0.1) is 6.61 Å². The molecular formula is C9H20O3Si. The van der Waals surface area contributed by atoms with Crippen molar-refractivity contribution >= 4 is 8.56 Å². The van der Waals surface area contributed by atoms with Crippen LogP contribution in [-0.2, 0) is 13.6 Å². The molecule has 0 saturated heterocycles. The van der Waals surface area contributed by atoms with E-state index in [0.717, 1.165) is 11.6 Å². The van der Waals surface area contributed by atoms with Gasteiger partial charge in [-0.25, -0.2) is 0 Å². The first-order valence-electron chi connectivity index (χ1n) is 4.36.